The molecule has 1 fully saturated rings. The molecule has 0 spiro atoms. The SMILES string of the molecule is COc1cccc(CN2C(=O)C(=O)/C(=C(\O)c3ccc(OC(C)C)c(C)c3)C2c2ccc(OC(C)C)cc2)c1. The first-order valence-electron chi connectivity index (χ1n) is 13.0. The van der Waals surface area contributed by atoms with Gasteiger partial charge in [-0.1, -0.05) is 24.3 Å². The molecule has 0 saturated carbocycles. The van der Waals surface area contributed by atoms with Crippen LogP contribution in [0, 0.1) is 6.92 Å². The number of rotatable bonds is 9. The van der Waals surface area contributed by atoms with Gasteiger partial charge in [0.2, 0.25) is 0 Å². The van der Waals surface area contributed by atoms with Crippen LogP contribution in [0.4, 0.5) is 0 Å². The first-order valence-corrected chi connectivity index (χ1v) is 13.0. The highest BCUT2D eigenvalue weighted by molar-refractivity contribution is 6.46. The molecular formula is C32H35NO6. The zero-order chi connectivity index (χ0) is 28.3. The number of ether oxygens (including phenoxy) is 3. The molecule has 7 heteroatoms. The predicted octanol–water partition coefficient (Wildman–Crippen LogP) is 6.20. The Morgan fingerprint density at radius 3 is 2.21 bits per heavy atom. The molecule has 3 aromatic carbocycles. The van der Waals surface area contributed by atoms with Crippen LogP contribution in [0.15, 0.2) is 72.3 Å². The van der Waals surface area contributed by atoms with Crippen molar-refractivity contribution in [1.82, 2.24) is 4.90 Å². The Bertz CT molecular complexity index is 1390. The maximum atomic E-state index is 13.5. The van der Waals surface area contributed by atoms with Gasteiger partial charge in [0, 0.05) is 12.1 Å². The van der Waals surface area contributed by atoms with Crippen molar-refractivity contribution in [1.29, 1.82) is 0 Å². The molecule has 1 N–H and O–H groups in total. The summed E-state index contributed by atoms with van der Waals surface area (Å²) >= 11 is 0. The third kappa shape index (κ3) is 6.08. The van der Waals surface area contributed by atoms with Gasteiger partial charge < -0.3 is 24.2 Å². The number of aryl methyl sites for hydroxylation is 1. The number of amides is 1. The molecule has 3 aromatic rings. The molecule has 0 bridgehead atoms. The Morgan fingerprint density at radius 2 is 1.59 bits per heavy atom. The van der Waals surface area contributed by atoms with Gasteiger partial charge in [0.25, 0.3) is 11.7 Å². The van der Waals surface area contributed by atoms with Gasteiger partial charge in [-0.25, -0.2) is 0 Å². The minimum Gasteiger partial charge on any atom is -0.507 e. The number of Topliss-reactive ketones (excluding diaryl/α,β-unsaturated/α-hetero) is 1. The Morgan fingerprint density at radius 1 is 0.897 bits per heavy atom. The van der Waals surface area contributed by atoms with Gasteiger partial charge in [-0.15, -0.1) is 0 Å². The smallest absolute Gasteiger partial charge is 0.295 e. The summed E-state index contributed by atoms with van der Waals surface area (Å²) in [5.74, 6) is 0.377. The van der Waals surface area contributed by atoms with Crippen LogP contribution in [0.5, 0.6) is 17.2 Å². The molecule has 7 nitrogen and oxygen atoms in total. The number of nitrogens with zero attached hydrogens (tertiary/aromatic N) is 1. The van der Waals surface area contributed by atoms with E-state index < -0.39 is 17.7 Å². The summed E-state index contributed by atoms with van der Waals surface area (Å²) in [5, 5.41) is 11.5. The van der Waals surface area contributed by atoms with E-state index in [0.717, 1.165) is 11.1 Å². The van der Waals surface area contributed by atoms with Crippen molar-refractivity contribution in [2.75, 3.05) is 7.11 Å². The molecule has 1 atom stereocenters. The van der Waals surface area contributed by atoms with Crippen molar-refractivity contribution in [3.8, 4) is 17.2 Å². The quantitative estimate of drug-likeness (QED) is 0.202. The second kappa shape index (κ2) is 11.6. The number of carbonyl (C=O) groups is 2. The maximum absolute atomic E-state index is 13.5. The molecule has 204 valence electrons. The van der Waals surface area contributed by atoms with Gasteiger partial charge >= 0.3 is 0 Å². The molecule has 4 rings (SSSR count). The highest BCUT2D eigenvalue weighted by Crippen LogP contribution is 2.41. The average Bonchev–Trinajstić information content (AvgIpc) is 3.14. The number of methoxy groups -OCH3 is 1. The van der Waals surface area contributed by atoms with Crippen molar-refractivity contribution in [3.63, 3.8) is 0 Å². The van der Waals surface area contributed by atoms with Crippen molar-refractivity contribution in [2.24, 2.45) is 0 Å². The summed E-state index contributed by atoms with van der Waals surface area (Å²) in [6.07, 6.45) is -0.00633. The number of benzene rings is 3. The van der Waals surface area contributed by atoms with E-state index in [1.807, 2.05) is 83.1 Å². The van der Waals surface area contributed by atoms with Gasteiger partial charge in [-0.3, -0.25) is 9.59 Å². The fraction of sp³-hybridized carbons (Fsp3) is 0.312. The van der Waals surface area contributed by atoms with Crippen LogP contribution in [0.1, 0.15) is 56.0 Å². The summed E-state index contributed by atoms with van der Waals surface area (Å²) in [4.78, 5) is 28.3. The minimum absolute atomic E-state index is 0.000401. The highest BCUT2D eigenvalue weighted by Gasteiger charge is 2.46. The van der Waals surface area contributed by atoms with E-state index in [1.54, 1.807) is 25.3 Å². The van der Waals surface area contributed by atoms with Crippen LogP contribution < -0.4 is 14.2 Å². The van der Waals surface area contributed by atoms with Crippen LogP contribution >= 0.6 is 0 Å². The third-order valence-electron chi connectivity index (χ3n) is 6.41. The zero-order valence-electron chi connectivity index (χ0n) is 23.2. The number of carbonyl (C=O) groups excluding carboxylic acids is 2. The minimum atomic E-state index is -0.795. The van der Waals surface area contributed by atoms with E-state index in [4.69, 9.17) is 14.2 Å². The van der Waals surface area contributed by atoms with Gasteiger partial charge in [0.15, 0.2) is 0 Å². The molecule has 1 aliphatic heterocycles. The van der Waals surface area contributed by atoms with E-state index in [0.29, 0.717) is 28.4 Å². The summed E-state index contributed by atoms with van der Waals surface area (Å²) in [6.45, 7) is 9.80. The topological polar surface area (TPSA) is 85.3 Å². The van der Waals surface area contributed by atoms with Crippen LogP contribution in [0.3, 0.4) is 0 Å². The Balaban J connectivity index is 1.81. The van der Waals surface area contributed by atoms with E-state index in [9.17, 15) is 14.7 Å². The summed E-state index contributed by atoms with van der Waals surface area (Å²) in [6, 6.07) is 19.1. The number of hydrogen-bond acceptors (Lipinski definition) is 6. The largest absolute Gasteiger partial charge is 0.507 e. The lowest BCUT2D eigenvalue weighted by Crippen LogP contribution is -2.29. The van der Waals surface area contributed by atoms with Crippen LogP contribution in [0.2, 0.25) is 0 Å². The molecule has 0 radical (unpaired) electrons. The third-order valence-corrected chi connectivity index (χ3v) is 6.41. The first-order chi connectivity index (χ1) is 18.6. The second-order valence-corrected chi connectivity index (χ2v) is 10.2. The van der Waals surface area contributed by atoms with Crippen LogP contribution in [-0.4, -0.2) is 41.0 Å². The van der Waals surface area contributed by atoms with Crippen LogP contribution in [-0.2, 0) is 16.1 Å². The van der Waals surface area contributed by atoms with Crippen molar-refractivity contribution in [3.05, 3.63) is 94.6 Å². The normalized spacial score (nSPS) is 16.7. The molecule has 1 amide bonds. The Kier molecular flexibility index (Phi) is 8.29. The Labute approximate surface area is 229 Å². The lowest BCUT2D eigenvalue weighted by molar-refractivity contribution is -0.140. The van der Waals surface area contributed by atoms with E-state index in [-0.39, 0.29) is 30.1 Å². The van der Waals surface area contributed by atoms with Gasteiger partial charge in [0.1, 0.15) is 23.0 Å². The number of hydrogen-bond donors (Lipinski definition) is 1. The van der Waals surface area contributed by atoms with Gasteiger partial charge in [-0.05, 0) is 93.8 Å². The Hall–Kier alpha value is -4.26. The average molecular weight is 530 g/mol. The second-order valence-electron chi connectivity index (χ2n) is 10.2. The molecule has 1 saturated heterocycles. The number of aliphatic hydroxyl groups excluding tert-OH is 1. The lowest BCUT2D eigenvalue weighted by atomic mass is 9.94. The van der Waals surface area contributed by atoms with E-state index >= 15 is 0 Å². The summed E-state index contributed by atoms with van der Waals surface area (Å²) in [5.41, 5.74) is 2.77. The molecule has 1 aliphatic rings. The molecule has 1 heterocycles. The zero-order valence-corrected chi connectivity index (χ0v) is 23.2. The van der Waals surface area contributed by atoms with E-state index in [1.165, 1.54) is 4.90 Å². The fourth-order valence-corrected chi connectivity index (χ4v) is 4.70. The van der Waals surface area contributed by atoms with Gasteiger partial charge in [0.05, 0.1) is 30.9 Å². The summed E-state index contributed by atoms with van der Waals surface area (Å²) < 4.78 is 17.0. The summed E-state index contributed by atoms with van der Waals surface area (Å²) in [7, 11) is 1.57. The number of likely N-dealkylation sites (tertiary alicyclic amines) is 1. The molecule has 0 aromatic heterocycles. The van der Waals surface area contributed by atoms with Gasteiger partial charge in [-0.2, -0.15) is 0 Å². The van der Waals surface area contributed by atoms with Crippen LogP contribution in [0.25, 0.3) is 5.76 Å². The maximum Gasteiger partial charge on any atom is 0.295 e. The highest BCUT2D eigenvalue weighted by atomic mass is 16.5. The van der Waals surface area contributed by atoms with Crippen molar-refractivity contribution in [2.45, 2.75) is 59.4 Å². The fourth-order valence-electron chi connectivity index (χ4n) is 4.70. The van der Waals surface area contributed by atoms with Crippen molar-refractivity contribution < 1.29 is 28.9 Å². The van der Waals surface area contributed by atoms with Crippen molar-refractivity contribution >= 4 is 17.4 Å². The molecule has 39 heavy (non-hydrogen) atoms. The van der Waals surface area contributed by atoms with E-state index in [2.05, 4.69) is 0 Å². The number of ketones is 1. The monoisotopic (exact) mass is 529 g/mol. The lowest BCUT2D eigenvalue weighted by Gasteiger charge is -2.26. The standard InChI is InChI=1S/C32H35NO6/c1-19(2)38-25-13-10-23(11-14-25)29-28(30(34)24-12-15-27(21(5)16-24)39-20(3)4)31(35)32(36)33(29)18-22-8-7-9-26(17-22)37-6/h7-17,19-20,29,34H,18H2,1-6H3/b30-28-. The predicted molar refractivity (Wildman–Crippen MR) is 150 cm³/mol. The first kappa shape index (κ1) is 27.8. The molecular weight excluding hydrogens is 494 g/mol. The molecule has 0 aliphatic carbocycles. The number of aliphatic hydroxyl groups is 1. The molecule has 1 unspecified atom stereocenters.